The fourth-order valence-electron chi connectivity index (χ4n) is 0.847. The van der Waals surface area contributed by atoms with Gasteiger partial charge in [-0.1, -0.05) is 48.8 Å². The minimum absolute atomic E-state index is 1.33. The number of unbranched alkanes of at least 4 members (excludes halogenated alkanes) is 3. The molecule has 76 valence electrons. The van der Waals surface area contributed by atoms with Crippen molar-refractivity contribution in [2.75, 3.05) is 4.43 Å². The topological polar surface area (TPSA) is 17.8 Å². The van der Waals surface area contributed by atoms with Crippen LogP contribution in [0.1, 0.15) is 32.6 Å². The van der Waals surface area contributed by atoms with E-state index in [1.54, 1.807) is 12.5 Å². The third-order valence-corrected chi connectivity index (χ3v) is 2.39. The quantitative estimate of drug-likeness (QED) is 0.472. The lowest BCUT2D eigenvalue weighted by molar-refractivity contribution is 0.710. The second kappa shape index (κ2) is 10.0. The van der Waals surface area contributed by atoms with Gasteiger partial charge in [-0.15, -0.1) is 0 Å². The monoisotopic (exact) mass is 294 g/mol. The van der Waals surface area contributed by atoms with E-state index in [0.717, 1.165) is 0 Å². The molecule has 0 fully saturated rings. The Morgan fingerprint density at radius 3 is 2.38 bits per heavy atom. The number of aryl methyl sites for hydroxylation is 1. The van der Waals surface area contributed by atoms with Gasteiger partial charge in [-0.05, 0) is 10.8 Å². The largest absolute Gasteiger partial charge is 0.341 e. The average Bonchev–Trinajstić information content (AvgIpc) is 2.58. The maximum atomic E-state index is 3.78. The van der Waals surface area contributed by atoms with Crippen molar-refractivity contribution in [3.63, 3.8) is 0 Å². The number of hydrogen-bond acceptors (Lipinski definition) is 1. The van der Waals surface area contributed by atoms with Gasteiger partial charge in [-0.2, -0.15) is 0 Å². The molecular formula is C10H19IN2. The number of aromatic nitrogens is 2. The van der Waals surface area contributed by atoms with Gasteiger partial charge >= 0.3 is 0 Å². The Balaban J connectivity index is 0.000000223. The number of nitrogens with zero attached hydrogens (tertiary/aromatic N) is 2. The van der Waals surface area contributed by atoms with E-state index in [2.05, 4.69) is 34.5 Å². The Bertz CT molecular complexity index is 169. The Hall–Kier alpha value is -0.0600. The van der Waals surface area contributed by atoms with E-state index < -0.39 is 0 Å². The van der Waals surface area contributed by atoms with E-state index in [1.165, 1.54) is 30.1 Å². The SMILES string of the molecule is CCCCCCI.Cn1ccnc1. The Kier molecular flexibility index (Phi) is 9.98. The molecule has 0 radical (unpaired) electrons. The first-order chi connectivity index (χ1) is 6.31. The van der Waals surface area contributed by atoms with Crippen LogP contribution in [0.25, 0.3) is 0 Å². The Labute approximate surface area is 94.9 Å². The molecule has 0 spiro atoms. The van der Waals surface area contributed by atoms with Crippen molar-refractivity contribution < 1.29 is 0 Å². The molecule has 0 aromatic carbocycles. The average molecular weight is 294 g/mol. The molecular weight excluding hydrogens is 275 g/mol. The first kappa shape index (κ1) is 12.9. The van der Waals surface area contributed by atoms with Gasteiger partial charge in [0.1, 0.15) is 0 Å². The number of alkyl halides is 1. The highest BCUT2D eigenvalue weighted by Gasteiger charge is 1.81. The fraction of sp³-hybridized carbons (Fsp3) is 0.700. The standard InChI is InChI=1S/C6H13I.C4H6N2/c1-2-3-4-5-6-7;1-6-3-2-5-4-6/h2-6H2,1H3;2-4H,1H3. The van der Waals surface area contributed by atoms with Gasteiger partial charge in [0.15, 0.2) is 0 Å². The molecule has 0 aliphatic heterocycles. The highest BCUT2D eigenvalue weighted by atomic mass is 127. The van der Waals surface area contributed by atoms with Crippen LogP contribution in [0.15, 0.2) is 18.7 Å². The third-order valence-electron chi connectivity index (χ3n) is 1.62. The molecule has 0 saturated heterocycles. The number of halogens is 1. The summed E-state index contributed by atoms with van der Waals surface area (Å²) in [4.78, 5) is 3.78. The molecule has 0 N–H and O–H groups in total. The molecule has 0 atom stereocenters. The van der Waals surface area contributed by atoms with E-state index in [9.17, 15) is 0 Å². The maximum absolute atomic E-state index is 3.78. The van der Waals surface area contributed by atoms with Gasteiger partial charge in [-0.25, -0.2) is 4.98 Å². The summed E-state index contributed by atoms with van der Waals surface area (Å²) in [5.74, 6) is 0. The predicted molar refractivity (Wildman–Crippen MR) is 66.2 cm³/mol. The third kappa shape index (κ3) is 9.86. The summed E-state index contributed by atoms with van der Waals surface area (Å²) in [5.41, 5.74) is 0. The Morgan fingerprint density at radius 2 is 2.08 bits per heavy atom. The van der Waals surface area contributed by atoms with Crippen LogP contribution in [0, 0.1) is 0 Å². The van der Waals surface area contributed by atoms with Crippen molar-refractivity contribution >= 4 is 22.6 Å². The highest BCUT2D eigenvalue weighted by Crippen LogP contribution is 2.00. The molecule has 1 heterocycles. The van der Waals surface area contributed by atoms with Gasteiger partial charge in [-0.3, -0.25) is 0 Å². The normalized spacial score (nSPS) is 9.15. The Morgan fingerprint density at radius 1 is 1.31 bits per heavy atom. The first-order valence-electron chi connectivity index (χ1n) is 4.79. The summed E-state index contributed by atoms with van der Waals surface area (Å²) in [6.07, 6.45) is 11.0. The summed E-state index contributed by atoms with van der Waals surface area (Å²) in [7, 11) is 1.94. The van der Waals surface area contributed by atoms with E-state index in [4.69, 9.17) is 0 Å². The number of rotatable bonds is 4. The number of imidazole rings is 1. The van der Waals surface area contributed by atoms with Gasteiger partial charge in [0.25, 0.3) is 0 Å². The summed E-state index contributed by atoms with van der Waals surface area (Å²) in [5, 5.41) is 0. The molecule has 0 unspecified atom stereocenters. The molecule has 1 rings (SSSR count). The molecule has 0 amide bonds. The summed E-state index contributed by atoms with van der Waals surface area (Å²) < 4.78 is 3.22. The fourth-order valence-corrected chi connectivity index (χ4v) is 1.39. The van der Waals surface area contributed by atoms with E-state index in [1.807, 2.05) is 17.8 Å². The molecule has 1 aromatic heterocycles. The van der Waals surface area contributed by atoms with E-state index in [-0.39, 0.29) is 0 Å². The van der Waals surface area contributed by atoms with Crippen molar-refractivity contribution in [1.29, 1.82) is 0 Å². The zero-order chi connectivity index (χ0) is 9.94. The van der Waals surface area contributed by atoms with Crippen LogP contribution in [0.3, 0.4) is 0 Å². The van der Waals surface area contributed by atoms with E-state index >= 15 is 0 Å². The van der Waals surface area contributed by atoms with Crippen LogP contribution in [0.5, 0.6) is 0 Å². The lowest BCUT2D eigenvalue weighted by atomic mass is 10.2. The smallest absolute Gasteiger partial charge is 0.0943 e. The van der Waals surface area contributed by atoms with Crippen molar-refractivity contribution in [2.45, 2.75) is 32.6 Å². The van der Waals surface area contributed by atoms with Crippen molar-refractivity contribution in [3.8, 4) is 0 Å². The second-order valence-corrected chi connectivity index (χ2v) is 4.06. The van der Waals surface area contributed by atoms with Crippen LogP contribution in [0.4, 0.5) is 0 Å². The van der Waals surface area contributed by atoms with Crippen molar-refractivity contribution in [3.05, 3.63) is 18.7 Å². The minimum atomic E-state index is 1.33. The van der Waals surface area contributed by atoms with Crippen LogP contribution in [0.2, 0.25) is 0 Å². The molecule has 2 nitrogen and oxygen atoms in total. The summed E-state index contributed by atoms with van der Waals surface area (Å²) in [6, 6.07) is 0. The predicted octanol–water partition coefficient (Wildman–Crippen LogP) is 3.42. The lowest BCUT2D eigenvalue weighted by Crippen LogP contribution is -1.76. The van der Waals surface area contributed by atoms with E-state index in [0.29, 0.717) is 0 Å². The highest BCUT2D eigenvalue weighted by molar-refractivity contribution is 14.1. The van der Waals surface area contributed by atoms with Gasteiger partial charge < -0.3 is 4.57 Å². The van der Waals surface area contributed by atoms with Crippen LogP contribution in [-0.2, 0) is 7.05 Å². The van der Waals surface area contributed by atoms with Crippen LogP contribution < -0.4 is 0 Å². The number of hydrogen-bond donors (Lipinski definition) is 0. The molecule has 0 aliphatic carbocycles. The van der Waals surface area contributed by atoms with Gasteiger partial charge in [0.2, 0.25) is 0 Å². The summed E-state index contributed by atoms with van der Waals surface area (Å²) >= 11 is 2.43. The minimum Gasteiger partial charge on any atom is -0.341 e. The molecule has 13 heavy (non-hydrogen) atoms. The summed E-state index contributed by atoms with van der Waals surface area (Å²) in [6.45, 7) is 2.24. The van der Waals surface area contributed by atoms with Crippen molar-refractivity contribution in [1.82, 2.24) is 9.55 Å². The van der Waals surface area contributed by atoms with Gasteiger partial charge in [0.05, 0.1) is 6.33 Å². The van der Waals surface area contributed by atoms with Crippen LogP contribution >= 0.6 is 22.6 Å². The lowest BCUT2D eigenvalue weighted by Gasteiger charge is -1.89. The molecule has 3 heteroatoms. The maximum Gasteiger partial charge on any atom is 0.0943 e. The zero-order valence-electron chi connectivity index (χ0n) is 8.54. The molecule has 0 saturated carbocycles. The zero-order valence-corrected chi connectivity index (χ0v) is 10.7. The van der Waals surface area contributed by atoms with Gasteiger partial charge in [0, 0.05) is 19.4 Å². The second-order valence-electron chi connectivity index (χ2n) is 2.98. The molecule has 1 aromatic rings. The molecule has 0 aliphatic rings. The van der Waals surface area contributed by atoms with Crippen molar-refractivity contribution in [2.24, 2.45) is 7.05 Å². The first-order valence-corrected chi connectivity index (χ1v) is 6.31. The van der Waals surface area contributed by atoms with Crippen LogP contribution in [-0.4, -0.2) is 14.0 Å². The molecule has 0 bridgehead atoms.